The minimum absolute atomic E-state index is 0.00843. The molecular weight excluding hydrogens is 304 g/mol. The fraction of sp³-hybridized carbons (Fsp3) is 0.538. The van der Waals surface area contributed by atoms with Crippen LogP contribution in [0.1, 0.15) is 19.4 Å². The lowest BCUT2D eigenvalue weighted by atomic mass is 10.2. The third-order valence-electron chi connectivity index (χ3n) is 2.82. The summed E-state index contributed by atoms with van der Waals surface area (Å²) in [5.41, 5.74) is 0.455. The Morgan fingerprint density at radius 3 is 2.50 bits per heavy atom. The topological polar surface area (TPSA) is 72.8 Å². The summed E-state index contributed by atoms with van der Waals surface area (Å²) in [5, 5.41) is 9.26. The number of ether oxygens (including phenoxy) is 2. The number of sulfone groups is 1. The highest BCUT2D eigenvalue weighted by Gasteiger charge is 2.18. The lowest BCUT2D eigenvalue weighted by Gasteiger charge is -2.15. The van der Waals surface area contributed by atoms with Crippen LogP contribution < -0.4 is 9.47 Å². The number of halogens is 1. The maximum atomic E-state index is 11.7. The monoisotopic (exact) mass is 322 g/mol. The molecule has 0 saturated carbocycles. The van der Waals surface area contributed by atoms with Crippen molar-refractivity contribution < 1.29 is 23.0 Å². The van der Waals surface area contributed by atoms with E-state index in [0.717, 1.165) is 0 Å². The molecule has 7 heteroatoms. The van der Waals surface area contributed by atoms with Crippen molar-refractivity contribution in [2.75, 3.05) is 19.5 Å². The molecular formula is C13H19ClO5S. The molecule has 0 heterocycles. The summed E-state index contributed by atoms with van der Waals surface area (Å²) in [4.78, 5) is 0. The Kier molecular flexibility index (Phi) is 6.10. The van der Waals surface area contributed by atoms with E-state index in [-0.39, 0.29) is 19.0 Å². The van der Waals surface area contributed by atoms with Gasteiger partial charge in [-0.1, -0.05) is 11.6 Å². The molecule has 1 aromatic carbocycles. The van der Waals surface area contributed by atoms with Gasteiger partial charge in [0.2, 0.25) is 0 Å². The molecule has 0 aliphatic rings. The molecule has 0 bridgehead atoms. The normalized spacial score (nSPS) is 11.7. The van der Waals surface area contributed by atoms with E-state index in [1.165, 1.54) is 7.11 Å². The highest BCUT2D eigenvalue weighted by Crippen LogP contribution is 2.34. The van der Waals surface area contributed by atoms with Gasteiger partial charge in [-0.15, -0.1) is 0 Å². The Morgan fingerprint density at radius 2 is 2.00 bits per heavy atom. The molecule has 1 N–H and O–H groups in total. The zero-order valence-electron chi connectivity index (χ0n) is 11.7. The van der Waals surface area contributed by atoms with Crippen LogP contribution in [0.25, 0.3) is 0 Å². The number of hydrogen-bond donors (Lipinski definition) is 1. The first kappa shape index (κ1) is 17.1. The van der Waals surface area contributed by atoms with E-state index in [9.17, 15) is 13.5 Å². The predicted molar refractivity (Wildman–Crippen MR) is 78.3 cm³/mol. The van der Waals surface area contributed by atoms with Crippen molar-refractivity contribution in [1.82, 2.24) is 0 Å². The van der Waals surface area contributed by atoms with Gasteiger partial charge in [-0.25, -0.2) is 8.42 Å². The van der Waals surface area contributed by atoms with Gasteiger partial charge in [0, 0.05) is 16.7 Å². The summed E-state index contributed by atoms with van der Waals surface area (Å²) >= 11 is 5.89. The Bertz CT molecular complexity index is 529. The van der Waals surface area contributed by atoms with Crippen LogP contribution in [0.3, 0.4) is 0 Å². The molecule has 5 nitrogen and oxygen atoms in total. The van der Waals surface area contributed by atoms with Gasteiger partial charge < -0.3 is 14.6 Å². The van der Waals surface area contributed by atoms with E-state index >= 15 is 0 Å². The van der Waals surface area contributed by atoms with Gasteiger partial charge in [-0.2, -0.15) is 0 Å². The van der Waals surface area contributed by atoms with Crippen LogP contribution in [0.2, 0.25) is 5.02 Å². The van der Waals surface area contributed by atoms with Gasteiger partial charge in [-0.05, 0) is 19.9 Å². The van der Waals surface area contributed by atoms with Crippen LogP contribution in [0.15, 0.2) is 12.1 Å². The van der Waals surface area contributed by atoms with E-state index in [0.29, 0.717) is 22.1 Å². The van der Waals surface area contributed by atoms with Gasteiger partial charge in [0.05, 0.1) is 24.7 Å². The first-order valence-corrected chi connectivity index (χ1v) is 8.22. The van der Waals surface area contributed by atoms with Crippen LogP contribution in [0.5, 0.6) is 11.5 Å². The van der Waals surface area contributed by atoms with Gasteiger partial charge in [0.15, 0.2) is 21.3 Å². The van der Waals surface area contributed by atoms with E-state index in [4.69, 9.17) is 21.1 Å². The number of hydrogen-bond acceptors (Lipinski definition) is 5. The molecule has 0 spiro atoms. The third kappa shape index (κ3) is 4.26. The molecule has 1 rings (SSSR count). The SMILES string of the molecule is COc1cc(Cl)cc(CO)c1OCCS(=O)(=O)C(C)C. The smallest absolute Gasteiger partial charge is 0.166 e. The molecule has 0 aliphatic carbocycles. The van der Waals surface area contributed by atoms with Crippen LogP contribution >= 0.6 is 11.6 Å². The first-order chi connectivity index (χ1) is 9.31. The zero-order chi connectivity index (χ0) is 15.3. The summed E-state index contributed by atoms with van der Waals surface area (Å²) in [6.07, 6.45) is 0. The van der Waals surface area contributed by atoms with Crippen LogP contribution in [0, 0.1) is 0 Å². The number of aliphatic hydroxyl groups excluding tert-OH is 1. The third-order valence-corrected chi connectivity index (χ3v) is 5.21. The van der Waals surface area contributed by atoms with Crippen molar-refractivity contribution in [3.63, 3.8) is 0 Å². The van der Waals surface area contributed by atoms with Crippen LogP contribution in [-0.4, -0.2) is 38.2 Å². The molecule has 0 fully saturated rings. The largest absolute Gasteiger partial charge is 0.493 e. The Hall–Kier alpha value is -0.980. The van der Waals surface area contributed by atoms with Crippen molar-refractivity contribution >= 4 is 21.4 Å². The molecule has 1 aromatic rings. The van der Waals surface area contributed by atoms with E-state index in [1.807, 2.05) is 0 Å². The Balaban J connectivity index is 2.87. The summed E-state index contributed by atoms with van der Waals surface area (Å²) in [5.74, 6) is 0.586. The standard InChI is InChI=1S/C13H19ClO5S/c1-9(2)20(16,17)5-4-19-13-10(8-15)6-11(14)7-12(13)18-3/h6-7,9,15H,4-5,8H2,1-3H3. The molecule has 0 unspecified atom stereocenters. The molecule has 0 amide bonds. The fourth-order valence-electron chi connectivity index (χ4n) is 1.55. The summed E-state index contributed by atoms with van der Waals surface area (Å²) in [6.45, 7) is 2.96. The van der Waals surface area contributed by atoms with Crippen molar-refractivity contribution in [3.8, 4) is 11.5 Å². The van der Waals surface area contributed by atoms with Gasteiger partial charge in [0.25, 0.3) is 0 Å². The maximum Gasteiger partial charge on any atom is 0.166 e. The highest BCUT2D eigenvalue weighted by molar-refractivity contribution is 7.91. The lowest BCUT2D eigenvalue weighted by molar-refractivity contribution is 0.260. The second-order valence-corrected chi connectivity index (χ2v) is 7.63. The lowest BCUT2D eigenvalue weighted by Crippen LogP contribution is -2.22. The maximum absolute atomic E-state index is 11.7. The zero-order valence-corrected chi connectivity index (χ0v) is 13.3. The average Bonchev–Trinajstić information content (AvgIpc) is 2.39. The van der Waals surface area contributed by atoms with Crippen LogP contribution in [-0.2, 0) is 16.4 Å². The Morgan fingerprint density at radius 1 is 1.35 bits per heavy atom. The number of benzene rings is 1. The molecule has 0 radical (unpaired) electrons. The summed E-state index contributed by atoms with van der Waals surface area (Å²) in [7, 11) is -1.72. The number of methoxy groups -OCH3 is 1. The number of rotatable bonds is 7. The molecule has 114 valence electrons. The van der Waals surface area contributed by atoms with Crippen molar-refractivity contribution in [1.29, 1.82) is 0 Å². The van der Waals surface area contributed by atoms with E-state index in [1.54, 1.807) is 26.0 Å². The second kappa shape index (κ2) is 7.15. The van der Waals surface area contributed by atoms with Gasteiger partial charge in [0.1, 0.15) is 6.61 Å². The molecule has 0 atom stereocenters. The van der Waals surface area contributed by atoms with Gasteiger partial charge in [-0.3, -0.25) is 0 Å². The first-order valence-electron chi connectivity index (χ1n) is 6.13. The highest BCUT2D eigenvalue weighted by atomic mass is 35.5. The van der Waals surface area contributed by atoms with Crippen LogP contribution in [0.4, 0.5) is 0 Å². The average molecular weight is 323 g/mol. The van der Waals surface area contributed by atoms with Gasteiger partial charge >= 0.3 is 0 Å². The van der Waals surface area contributed by atoms with Crippen molar-refractivity contribution in [2.45, 2.75) is 25.7 Å². The van der Waals surface area contributed by atoms with E-state index < -0.39 is 15.1 Å². The molecule has 20 heavy (non-hydrogen) atoms. The van der Waals surface area contributed by atoms with E-state index in [2.05, 4.69) is 0 Å². The molecule has 0 aliphatic heterocycles. The second-order valence-electron chi connectivity index (χ2n) is 4.52. The minimum atomic E-state index is -3.17. The molecule has 0 saturated heterocycles. The number of aliphatic hydroxyl groups is 1. The molecule has 0 aromatic heterocycles. The quantitative estimate of drug-likeness (QED) is 0.831. The predicted octanol–water partition coefficient (Wildman–Crippen LogP) is 2.04. The van der Waals surface area contributed by atoms with Crippen molar-refractivity contribution in [2.24, 2.45) is 0 Å². The Labute approximate surface area is 124 Å². The summed E-state index contributed by atoms with van der Waals surface area (Å²) in [6, 6.07) is 3.10. The fourth-order valence-corrected chi connectivity index (χ4v) is 2.57. The summed E-state index contributed by atoms with van der Waals surface area (Å²) < 4.78 is 34.0. The minimum Gasteiger partial charge on any atom is -0.493 e. The van der Waals surface area contributed by atoms with Crippen molar-refractivity contribution in [3.05, 3.63) is 22.7 Å².